The molecule has 0 amide bonds. The second kappa shape index (κ2) is 6.89. The molecule has 1 N–H and O–H groups in total. The lowest BCUT2D eigenvalue weighted by atomic mass is 10.2. The lowest BCUT2D eigenvalue weighted by Crippen LogP contribution is -2.32. The highest BCUT2D eigenvalue weighted by molar-refractivity contribution is 7.89. The van der Waals surface area contributed by atoms with E-state index < -0.39 is 10.0 Å². The first-order chi connectivity index (χ1) is 9.55. The van der Waals surface area contributed by atoms with Crippen molar-refractivity contribution in [3.8, 4) is 0 Å². The molecular formula is C14H21ClN2O2S. The van der Waals surface area contributed by atoms with Crippen LogP contribution >= 0.6 is 11.6 Å². The van der Waals surface area contributed by atoms with Crippen molar-refractivity contribution < 1.29 is 8.42 Å². The van der Waals surface area contributed by atoms with Crippen molar-refractivity contribution in [1.82, 2.24) is 9.62 Å². The Morgan fingerprint density at radius 1 is 1.20 bits per heavy atom. The van der Waals surface area contributed by atoms with Crippen LogP contribution < -0.4 is 5.32 Å². The molecule has 2 rings (SSSR count). The highest BCUT2D eigenvalue weighted by atomic mass is 35.5. The van der Waals surface area contributed by atoms with Crippen LogP contribution in [0, 0.1) is 0 Å². The van der Waals surface area contributed by atoms with Gasteiger partial charge in [0.2, 0.25) is 10.0 Å². The number of halogens is 1. The number of nitrogens with one attached hydrogen (secondary N) is 1. The van der Waals surface area contributed by atoms with Gasteiger partial charge in [0.25, 0.3) is 0 Å². The average molecular weight is 317 g/mol. The van der Waals surface area contributed by atoms with Crippen LogP contribution in [0.25, 0.3) is 0 Å². The zero-order chi connectivity index (χ0) is 14.6. The number of benzene rings is 1. The number of rotatable bonds is 4. The lowest BCUT2D eigenvalue weighted by Gasteiger charge is -2.20. The third kappa shape index (κ3) is 3.52. The maximum atomic E-state index is 12.6. The molecule has 6 heteroatoms. The molecule has 0 atom stereocenters. The first kappa shape index (κ1) is 15.8. The van der Waals surface area contributed by atoms with Crippen molar-refractivity contribution in [3.63, 3.8) is 0 Å². The Morgan fingerprint density at radius 3 is 2.40 bits per heavy atom. The van der Waals surface area contributed by atoms with Crippen molar-refractivity contribution in [1.29, 1.82) is 0 Å². The molecule has 0 bridgehead atoms. The van der Waals surface area contributed by atoms with Gasteiger partial charge in [-0.15, -0.1) is 0 Å². The summed E-state index contributed by atoms with van der Waals surface area (Å²) in [5, 5.41) is 3.51. The Labute approximate surface area is 126 Å². The minimum absolute atomic E-state index is 0.296. The smallest absolute Gasteiger partial charge is 0.243 e. The van der Waals surface area contributed by atoms with Gasteiger partial charge in [-0.05, 0) is 37.6 Å². The molecule has 0 saturated carbocycles. The van der Waals surface area contributed by atoms with Crippen LogP contribution in [0.4, 0.5) is 0 Å². The van der Waals surface area contributed by atoms with E-state index in [4.69, 9.17) is 11.6 Å². The first-order valence-electron chi connectivity index (χ1n) is 6.99. The van der Waals surface area contributed by atoms with Crippen LogP contribution in [0.3, 0.4) is 0 Å². The minimum Gasteiger partial charge on any atom is -0.316 e. The van der Waals surface area contributed by atoms with E-state index in [1.165, 1.54) is 0 Å². The van der Waals surface area contributed by atoms with Crippen molar-refractivity contribution in [2.75, 3.05) is 20.1 Å². The van der Waals surface area contributed by atoms with Gasteiger partial charge in [-0.3, -0.25) is 0 Å². The molecule has 1 aromatic rings. The molecule has 1 aliphatic rings. The van der Waals surface area contributed by atoms with Crippen LogP contribution in [0.5, 0.6) is 0 Å². The van der Waals surface area contributed by atoms with Gasteiger partial charge in [0.15, 0.2) is 0 Å². The number of nitrogens with zero attached hydrogens (tertiary/aromatic N) is 1. The Hall–Kier alpha value is -0.620. The summed E-state index contributed by atoms with van der Waals surface area (Å²) in [7, 11) is -1.58. The van der Waals surface area contributed by atoms with Gasteiger partial charge in [0.1, 0.15) is 0 Å². The fraction of sp³-hybridized carbons (Fsp3) is 0.571. The molecule has 4 nitrogen and oxygen atoms in total. The van der Waals surface area contributed by atoms with E-state index in [1.807, 2.05) is 7.05 Å². The van der Waals surface area contributed by atoms with E-state index in [-0.39, 0.29) is 0 Å². The van der Waals surface area contributed by atoms with E-state index >= 15 is 0 Å². The van der Waals surface area contributed by atoms with Gasteiger partial charge in [-0.25, -0.2) is 8.42 Å². The van der Waals surface area contributed by atoms with Gasteiger partial charge in [0.05, 0.1) is 4.90 Å². The summed E-state index contributed by atoms with van der Waals surface area (Å²) in [6.07, 6.45) is 4.08. The van der Waals surface area contributed by atoms with Gasteiger partial charge >= 0.3 is 0 Å². The van der Waals surface area contributed by atoms with Crippen molar-refractivity contribution in [3.05, 3.63) is 28.8 Å². The quantitative estimate of drug-likeness (QED) is 0.929. The zero-order valence-corrected chi connectivity index (χ0v) is 13.3. The highest BCUT2D eigenvalue weighted by Gasteiger charge is 2.25. The summed E-state index contributed by atoms with van der Waals surface area (Å²) in [6.45, 7) is 1.85. The van der Waals surface area contributed by atoms with Crippen LogP contribution in [0.15, 0.2) is 23.1 Å². The summed E-state index contributed by atoms with van der Waals surface area (Å²) in [5.74, 6) is 0. The highest BCUT2D eigenvalue weighted by Crippen LogP contribution is 2.25. The molecule has 112 valence electrons. The molecule has 1 aromatic carbocycles. The predicted octanol–water partition coefficient (Wildman–Crippen LogP) is 2.62. The van der Waals surface area contributed by atoms with Crippen molar-refractivity contribution >= 4 is 21.6 Å². The van der Waals surface area contributed by atoms with Crippen LogP contribution in [-0.2, 0) is 16.6 Å². The normalized spacial score (nSPS) is 17.9. The number of hydrogen-bond acceptors (Lipinski definition) is 3. The Kier molecular flexibility index (Phi) is 5.43. The van der Waals surface area contributed by atoms with Gasteiger partial charge in [-0.2, -0.15) is 4.31 Å². The summed E-state index contributed by atoms with van der Waals surface area (Å²) >= 11 is 6.16. The Balaban J connectivity index is 2.26. The molecule has 0 aromatic heterocycles. The van der Waals surface area contributed by atoms with E-state index in [1.54, 1.807) is 22.5 Å². The molecule has 0 radical (unpaired) electrons. The Morgan fingerprint density at radius 2 is 1.85 bits per heavy atom. The average Bonchev–Trinajstić information content (AvgIpc) is 2.70. The van der Waals surface area contributed by atoms with Crippen LogP contribution in [-0.4, -0.2) is 32.9 Å². The van der Waals surface area contributed by atoms with E-state index in [0.29, 0.717) is 29.6 Å². The third-order valence-corrected chi connectivity index (χ3v) is 5.84. The molecule has 20 heavy (non-hydrogen) atoms. The fourth-order valence-corrected chi connectivity index (χ4v) is 4.31. The second-order valence-corrected chi connectivity index (χ2v) is 7.45. The maximum absolute atomic E-state index is 12.6. The van der Waals surface area contributed by atoms with Gasteiger partial charge in [0, 0.05) is 24.7 Å². The molecule has 0 unspecified atom stereocenters. The van der Waals surface area contributed by atoms with Crippen LogP contribution in [0.1, 0.15) is 31.2 Å². The molecule has 1 heterocycles. The standard InChI is InChI=1S/C14H21ClN2O2S/c1-16-11-12-6-7-13(10-14(12)15)20(18,19)17-8-4-2-3-5-9-17/h6-7,10,16H,2-5,8-9,11H2,1H3. The molecule has 1 saturated heterocycles. The molecule has 0 aliphatic carbocycles. The first-order valence-corrected chi connectivity index (χ1v) is 8.80. The SMILES string of the molecule is CNCc1ccc(S(=O)(=O)N2CCCCCC2)cc1Cl. The third-order valence-electron chi connectivity index (χ3n) is 3.59. The van der Waals surface area contributed by atoms with E-state index in [9.17, 15) is 8.42 Å². The molecule has 1 fully saturated rings. The van der Waals surface area contributed by atoms with Crippen LogP contribution in [0.2, 0.25) is 5.02 Å². The molecular weight excluding hydrogens is 296 g/mol. The number of sulfonamides is 1. The topological polar surface area (TPSA) is 49.4 Å². The largest absolute Gasteiger partial charge is 0.316 e. The predicted molar refractivity (Wildman–Crippen MR) is 81.4 cm³/mol. The summed E-state index contributed by atoms with van der Waals surface area (Å²) < 4.78 is 26.8. The second-order valence-electron chi connectivity index (χ2n) is 5.10. The molecule has 0 spiro atoms. The molecule has 1 aliphatic heterocycles. The number of hydrogen-bond donors (Lipinski definition) is 1. The minimum atomic E-state index is -3.41. The summed E-state index contributed by atoms with van der Waals surface area (Å²) in [6, 6.07) is 5.00. The summed E-state index contributed by atoms with van der Waals surface area (Å²) in [4.78, 5) is 0.296. The monoisotopic (exact) mass is 316 g/mol. The van der Waals surface area contributed by atoms with Gasteiger partial charge in [-0.1, -0.05) is 30.5 Å². The van der Waals surface area contributed by atoms with E-state index in [2.05, 4.69) is 5.32 Å². The lowest BCUT2D eigenvalue weighted by molar-refractivity contribution is 0.423. The summed E-state index contributed by atoms with van der Waals surface area (Å²) in [5.41, 5.74) is 0.906. The zero-order valence-electron chi connectivity index (χ0n) is 11.7. The Bertz CT molecular complexity index is 552. The van der Waals surface area contributed by atoms with E-state index in [0.717, 1.165) is 31.2 Å². The van der Waals surface area contributed by atoms with Gasteiger partial charge < -0.3 is 5.32 Å². The van der Waals surface area contributed by atoms with Crippen molar-refractivity contribution in [2.45, 2.75) is 37.1 Å². The van der Waals surface area contributed by atoms with Crippen molar-refractivity contribution in [2.24, 2.45) is 0 Å². The fourth-order valence-electron chi connectivity index (χ4n) is 2.45. The maximum Gasteiger partial charge on any atom is 0.243 e.